The molecule has 1 amide bonds. The number of hydrazone groups is 1. The van der Waals surface area contributed by atoms with Gasteiger partial charge in [0, 0.05) is 66.0 Å². The quantitative estimate of drug-likeness (QED) is 0.146. The highest BCUT2D eigenvalue weighted by Gasteiger charge is 2.33. The smallest absolute Gasteiger partial charge is 0.274 e. The van der Waals surface area contributed by atoms with Crippen LogP contribution < -0.4 is 20.8 Å². The molecule has 7 rings (SSSR count). The van der Waals surface area contributed by atoms with Gasteiger partial charge in [-0.2, -0.15) is 10.1 Å². The van der Waals surface area contributed by atoms with Crippen molar-refractivity contribution in [1.29, 1.82) is 0 Å². The summed E-state index contributed by atoms with van der Waals surface area (Å²) in [5.74, 6) is 0.631. The third kappa shape index (κ3) is 6.53. The maximum atomic E-state index is 13.2. The third-order valence-electron chi connectivity index (χ3n) is 9.75. The van der Waals surface area contributed by atoms with Gasteiger partial charge in [-0.1, -0.05) is 0 Å². The molecule has 4 aromatic rings. The van der Waals surface area contributed by atoms with E-state index in [2.05, 4.69) is 44.0 Å². The van der Waals surface area contributed by atoms with Crippen LogP contribution in [0.5, 0.6) is 0 Å². The maximum Gasteiger partial charge on any atom is 0.274 e. The Labute approximate surface area is 289 Å². The number of nitrogens with zero attached hydrogens (tertiary/aromatic N) is 7. The summed E-state index contributed by atoms with van der Waals surface area (Å²) >= 11 is 1.78. The summed E-state index contributed by atoms with van der Waals surface area (Å²) < 4.78 is 6.84. The summed E-state index contributed by atoms with van der Waals surface area (Å²) in [6.07, 6.45) is 12.3. The predicted molar refractivity (Wildman–Crippen MR) is 193 cm³/mol. The lowest BCUT2D eigenvalue weighted by Gasteiger charge is -2.47. The number of nitrogens with one attached hydrogen (secondary N) is 1. The van der Waals surface area contributed by atoms with Gasteiger partial charge >= 0.3 is 0 Å². The number of hydrogen-bond acceptors (Lipinski definition) is 11. The molecule has 0 aromatic carbocycles. The number of fused-ring (bicyclic) bond motifs is 1. The van der Waals surface area contributed by atoms with E-state index in [1.807, 2.05) is 18.3 Å². The van der Waals surface area contributed by atoms with Crippen molar-refractivity contribution in [2.75, 3.05) is 48.1 Å². The molecule has 254 valence electrons. The van der Waals surface area contributed by atoms with Gasteiger partial charge in [0.15, 0.2) is 12.1 Å². The van der Waals surface area contributed by atoms with Crippen LogP contribution in [0.3, 0.4) is 0 Å². The number of piperazine rings is 1. The Bertz CT molecular complexity index is 1950. The van der Waals surface area contributed by atoms with Crippen LogP contribution >= 0.6 is 11.3 Å². The Morgan fingerprint density at radius 3 is 2.65 bits per heavy atom. The molecule has 1 aliphatic carbocycles. The minimum absolute atomic E-state index is 0.109. The first-order chi connectivity index (χ1) is 23.8. The summed E-state index contributed by atoms with van der Waals surface area (Å²) in [6, 6.07) is 8.19. The number of anilines is 4. The van der Waals surface area contributed by atoms with E-state index in [1.165, 1.54) is 27.6 Å². The second-order valence-corrected chi connectivity index (χ2v) is 14.2. The van der Waals surface area contributed by atoms with Crippen LogP contribution in [0, 0.1) is 6.92 Å². The first-order valence-corrected chi connectivity index (χ1v) is 17.5. The van der Waals surface area contributed by atoms with Crippen LogP contribution in [-0.4, -0.2) is 83.3 Å². The molecule has 49 heavy (non-hydrogen) atoms. The molecule has 0 spiro atoms. The van der Waals surface area contributed by atoms with E-state index in [0.29, 0.717) is 47.4 Å². The van der Waals surface area contributed by atoms with E-state index in [0.717, 1.165) is 73.2 Å². The number of aromatic nitrogens is 3. The van der Waals surface area contributed by atoms with Gasteiger partial charge in [-0.3, -0.25) is 19.3 Å². The molecule has 12 nitrogen and oxygen atoms in total. The molecular formula is C36H40N8O4S. The van der Waals surface area contributed by atoms with E-state index in [9.17, 15) is 14.4 Å². The van der Waals surface area contributed by atoms with Crippen molar-refractivity contribution in [2.45, 2.75) is 51.6 Å². The number of pyridine rings is 3. The van der Waals surface area contributed by atoms with Gasteiger partial charge < -0.3 is 19.5 Å². The van der Waals surface area contributed by atoms with Crippen molar-refractivity contribution in [1.82, 2.24) is 19.4 Å². The van der Waals surface area contributed by atoms with Crippen molar-refractivity contribution in [2.24, 2.45) is 12.1 Å². The lowest BCUT2D eigenvalue weighted by Crippen LogP contribution is -2.60. The van der Waals surface area contributed by atoms with Gasteiger partial charge in [-0.25, -0.2) is 9.97 Å². The van der Waals surface area contributed by atoms with Crippen molar-refractivity contribution in [3.05, 3.63) is 79.7 Å². The summed E-state index contributed by atoms with van der Waals surface area (Å²) in [5.41, 5.74) is 4.67. The lowest BCUT2D eigenvalue weighted by atomic mass is 9.95. The standard InChI is InChI=1S/C36H40N8O4S/c1-23-17-42(12-13-43(23)27-20-48-21-27)26-8-9-34(38-15-26)40-32-14-25(18-41(3)36(32)47)28-10-11-37-35(31(28)19-45)44(22-46)39-16-30-24(2)49-33-7-5-4-6-29(30)33/h8-11,14-16,18-19,22-23,27H,4-7,12-13,17,20-21H2,1-3H3,(H,38,40)/b39-16-. The van der Waals surface area contributed by atoms with Crippen LogP contribution in [0.25, 0.3) is 11.1 Å². The molecule has 0 saturated carbocycles. The van der Waals surface area contributed by atoms with Crippen LogP contribution in [0.2, 0.25) is 0 Å². The summed E-state index contributed by atoms with van der Waals surface area (Å²) in [6.45, 7) is 8.73. The zero-order valence-corrected chi connectivity index (χ0v) is 28.8. The first-order valence-electron chi connectivity index (χ1n) is 16.7. The van der Waals surface area contributed by atoms with Crippen LogP contribution in [0.15, 0.2) is 52.8 Å². The molecule has 0 bridgehead atoms. The predicted octanol–water partition coefficient (Wildman–Crippen LogP) is 4.55. The fourth-order valence-corrected chi connectivity index (χ4v) is 8.29. The van der Waals surface area contributed by atoms with Gasteiger partial charge in [-0.05, 0) is 74.9 Å². The first kappa shape index (κ1) is 32.8. The van der Waals surface area contributed by atoms with Gasteiger partial charge in [0.1, 0.15) is 11.5 Å². The molecule has 2 aliphatic heterocycles. The number of hydrogen-bond donors (Lipinski definition) is 1. The number of thiophene rings is 1. The van der Waals surface area contributed by atoms with Crippen LogP contribution in [0.4, 0.5) is 23.0 Å². The second-order valence-electron chi connectivity index (χ2n) is 12.9. The zero-order valence-electron chi connectivity index (χ0n) is 28.0. The molecule has 1 unspecified atom stereocenters. The minimum atomic E-state index is -0.255. The van der Waals surface area contributed by atoms with E-state index in [1.54, 1.807) is 42.9 Å². The minimum Gasteiger partial charge on any atom is -0.378 e. The Hall–Kier alpha value is -4.72. The highest BCUT2D eigenvalue weighted by Crippen LogP contribution is 2.34. The summed E-state index contributed by atoms with van der Waals surface area (Å²) in [4.78, 5) is 54.5. The number of aldehydes is 1. The van der Waals surface area contributed by atoms with Crippen molar-refractivity contribution in [3.8, 4) is 11.1 Å². The fourth-order valence-electron chi connectivity index (χ4n) is 7.06. The molecule has 6 heterocycles. The number of carbonyl (C=O) groups is 2. The number of amides is 1. The molecule has 4 aromatic heterocycles. The maximum absolute atomic E-state index is 13.2. The van der Waals surface area contributed by atoms with E-state index in [-0.39, 0.29) is 16.9 Å². The molecule has 2 saturated heterocycles. The summed E-state index contributed by atoms with van der Waals surface area (Å²) in [5, 5.41) is 8.74. The van der Waals surface area contributed by atoms with Crippen molar-refractivity contribution in [3.63, 3.8) is 0 Å². The second kappa shape index (κ2) is 14.0. The monoisotopic (exact) mass is 680 g/mol. The van der Waals surface area contributed by atoms with Crippen molar-refractivity contribution < 1.29 is 14.3 Å². The van der Waals surface area contributed by atoms with E-state index in [4.69, 9.17) is 4.74 Å². The van der Waals surface area contributed by atoms with E-state index >= 15 is 0 Å². The molecule has 2 fully saturated rings. The normalized spacial score (nSPS) is 18.3. The molecule has 0 radical (unpaired) electrons. The Balaban J connectivity index is 1.12. The fraction of sp³-hybridized carbons (Fsp3) is 0.389. The zero-order chi connectivity index (χ0) is 34.1. The highest BCUT2D eigenvalue weighted by atomic mass is 32.1. The number of rotatable bonds is 10. The number of ether oxygens (including phenoxy) is 1. The molecule has 1 atom stereocenters. The molecule has 3 aliphatic rings. The van der Waals surface area contributed by atoms with Gasteiger partial charge in [-0.15, -0.1) is 11.3 Å². The van der Waals surface area contributed by atoms with Gasteiger partial charge in [0.05, 0.1) is 42.9 Å². The van der Waals surface area contributed by atoms with Crippen LogP contribution in [0.1, 0.15) is 51.0 Å². The third-order valence-corrected chi connectivity index (χ3v) is 11.0. The summed E-state index contributed by atoms with van der Waals surface area (Å²) in [7, 11) is 1.65. The average molecular weight is 681 g/mol. The SMILES string of the molecule is Cc1sc2c(c1/C=N\N(C=O)c1nccc(-c3cc(Nc4ccc(N5CCN(C6COC6)C(C)C5)cn4)c(=O)n(C)c3)c1C=O)CCCC2. The highest BCUT2D eigenvalue weighted by molar-refractivity contribution is 7.12. The number of carbonyl (C=O) groups excluding carboxylic acids is 2. The van der Waals surface area contributed by atoms with Crippen molar-refractivity contribution >= 4 is 53.3 Å². The van der Waals surface area contributed by atoms with Gasteiger partial charge in [0.2, 0.25) is 6.41 Å². The lowest BCUT2D eigenvalue weighted by molar-refractivity contribution is -0.107. The Morgan fingerprint density at radius 1 is 1.10 bits per heavy atom. The Morgan fingerprint density at radius 2 is 1.94 bits per heavy atom. The van der Waals surface area contributed by atoms with Gasteiger partial charge in [0.25, 0.3) is 5.56 Å². The molecule has 1 N–H and O–H groups in total. The average Bonchev–Trinajstić information content (AvgIpc) is 3.41. The molecular weight excluding hydrogens is 641 g/mol. The largest absolute Gasteiger partial charge is 0.378 e. The Kier molecular flexibility index (Phi) is 9.39. The van der Waals surface area contributed by atoms with E-state index < -0.39 is 0 Å². The number of aryl methyl sites for hydroxylation is 3. The van der Waals surface area contributed by atoms with Crippen LogP contribution in [-0.2, 0) is 29.4 Å². The molecule has 13 heteroatoms. The topological polar surface area (TPSA) is 125 Å².